The Labute approximate surface area is 154 Å². The maximum Gasteiger partial charge on any atom is 0.246 e. The predicted molar refractivity (Wildman–Crippen MR) is 99.0 cm³/mol. The first-order valence-corrected chi connectivity index (χ1v) is 9.75. The lowest BCUT2D eigenvalue weighted by atomic mass is 9.84. The van der Waals surface area contributed by atoms with E-state index in [-0.39, 0.29) is 28.5 Å². The minimum atomic E-state index is -0.760. The van der Waals surface area contributed by atoms with Crippen LogP contribution in [0.3, 0.4) is 0 Å². The fourth-order valence-corrected chi connectivity index (χ4v) is 5.02. The van der Waals surface area contributed by atoms with Gasteiger partial charge >= 0.3 is 0 Å². The van der Waals surface area contributed by atoms with Gasteiger partial charge in [-0.1, -0.05) is 13.8 Å². The summed E-state index contributed by atoms with van der Waals surface area (Å²) in [5.74, 6) is 0.249. The maximum absolute atomic E-state index is 13.2. The molecular formula is C17H30N4O3S. The van der Waals surface area contributed by atoms with Crippen molar-refractivity contribution in [2.75, 3.05) is 19.8 Å². The van der Waals surface area contributed by atoms with Gasteiger partial charge in [-0.25, -0.2) is 0 Å². The van der Waals surface area contributed by atoms with E-state index in [2.05, 4.69) is 16.0 Å². The summed E-state index contributed by atoms with van der Waals surface area (Å²) < 4.78 is 0. The Balaban J connectivity index is 2.27. The molecule has 8 heteroatoms. The Morgan fingerprint density at radius 2 is 1.92 bits per heavy atom. The molecular weight excluding hydrogens is 340 g/mol. The molecule has 2 saturated heterocycles. The van der Waals surface area contributed by atoms with E-state index < -0.39 is 17.6 Å². The van der Waals surface area contributed by atoms with Crippen molar-refractivity contribution < 1.29 is 14.4 Å². The van der Waals surface area contributed by atoms with E-state index in [1.165, 1.54) is 0 Å². The van der Waals surface area contributed by atoms with Crippen molar-refractivity contribution in [1.29, 1.82) is 0 Å². The lowest BCUT2D eigenvalue weighted by Crippen LogP contribution is -2.59. The van der Waals surface area contributed by atoms with Gasteiger partial charge in [-0.3, -0.25) is 14.4 Å². The summed E-state index contributed by atoms with van der Waals surface area (Å²) in [7, 11) is 3.31. The molecule has 0 aliphatic carbocycles. The Bertz CT molecular complexity index is 564. The zero-order chi connectivity index (χ0) is 19.0. The fourth-order valence-electron chi connectivity index (χ4n) is 3.44. The second-order valence-electron chi connectivity index (χ2n) is 7.97. The molecule has 2 rings (SSSR count). The molecule has 2 aliphatic rings. The van der Waals surface area contributed by atoms with Gasteiger partial charge in [0.05, 0.1) is 10.9 Å². The molecule has 3 atom stereocenters. The van der Waals surface area contributed by atoms with Gasteiger partial charge in [-0.15, -0.1) is 11.8 Å². The van der Waals surface area contributed by atoms with Gasteiger partial charge in [0.15, 0.2) is 0 Å². The monoisotopic (exact) mass is 370 g/mol. The fraction of sp³-hybridized carbons (Fsp3) is 0.824. The van der Waals surface area contributed by atoms with Crippen molar-refractivity contribution in [2.45, 2.75) is 63.5 Å². The number of likely N-dealkylation sites (N-methyl/N-ethyl adjacent to an activating group) is 2. The van der Waals surface area contributed by atoms with Crippen molar-refractivity contribution >= 4 is 29.5 Å². The van der Waals surface area contributed by atoms with Gasteiger partial charge in [0, 0.05) is 7.05 Å². The zero-order valence-electron chi connectivity index (χ0n) is 15.9. The lowest BCUT2D eigenvalue weighted by Gasteiger charge is -2.34. The van der Waals surface area contributed by atoms with Crippen LogP contribution in [-0.2, 0) is 14.4 Å². The minimum absolute atomic E-state index is 0.0241. The number of carbonyl (C=O) groups excluding carboxylic acids is 3. The first-order valence-electron chi connectivity index (χ1n) is 8.70. The van der Waals surface area contributed by atoms with Gasteiger partial charge in [0.2, 0.25) is 17.7 Å². The molecule has 7 nitrogen and oxygen atoms in total. The highest BCUT2D eigenvalue weighted by molar-refractivity contribution is 7.99. The van der Waals surface area contributed by atoms with Crippen molar-refractivity contribution in [2.24, 2.45) is 5.41 Å². The van der Waals surface area contributed by atoms with Crippen LogP contribution in [0.5, 0.6) is 0 Å². The third kappa shape index (κ3) is 3.79. The molecule has 2 heterocycles. The van der Waals surface area contributed by atoms with Crippen LogP contribution in [0, 0.1) is 5.41 Å². The van der Waals surface area contributed by atoms with Crippen LogP contribution < -0.4 is 16.0 Å². The number of thioether (sulfide) groups is 1. The first kappa shape index (κ1) is 20.0. The van der Waals surface area contributed by atoms with Gasteiger partial charge in [0.25, 0.3) is 0 Å². The standard InChI is InChI=1S/C17H30N4O3S/c1-16(2)9-11-21(12(16)13(22)18-5)14(23)10(7-8-25-11)20-15(24)17(3,4)19-6/h10-12,19H,7-9H2,1-6H3,(H,18,22)(H,20,24)/t10-,11?,12+/m0/s1. The normalized spacial score (nSPS) is 29.0. The first-order chi connectivity index (χ1) is 11.5. The van der Waals surface area contributed by atoms with Crippen LogP contribution in [0.4, 0.5) is 0 Å². The molecule has 25 heavy (non-hydrogen) atoms. The summed E-state index contributed by atoms with van der Waals surface area (Å²) >= 11 is 1.69. The van der Waals surface area contributed by atoms with Gasteiger partial charge in [0.1, 0.15) is 12.1 Å². The highest BCUT2D eigenvalue weighted by Crippen LogP contribution is 2.46. The summed E-state index contributed by atoms with van der Waals surface area (Å²) in [4.78, 5) is 39.8. The molecule has 3 N–H and O–H groups in total. The average molecular weight is 371 g/mol. The summed E-state index contributed by atoms with van der Waals surface area (Å²) in [5, 5.41) is 8.49. The molecule has 0 radical (unpaired) electrons. The number of amides is 3. The molecule has 142 valence electrons. The quantitative estimate of drug-likeness (QED) is 0.662. The summed E-state index contributed by atoms with van der Waals surface area (Å²) in [6.45, 7) is 7.58. The lowest BCUT2D eigenvalue weighted by molar-refractivity contribution is -0.144. The predicted octanol–water partition coefficient (Wildman–Crippen LogP) is 0.305. The largest absolute Gasteiger partial charge is 0.357 e. The average Bonchev–Trinajstić information content (AvgIpc) is 2.74. The molecule has 0 spiro atoms. The molecule has 0 bridgehead atoms. The Morgan fingerprint density at radius 1 is 1.28 bits per heavy atom. The van der Waals surface area contributed by atoms with Gasteiger partial charge < -0.3 is 20.9 Å². The maximum atomic E-state index is 13.2. The number of carbonyl (C=O) groups is 3. The van der Waals surface area contributed by atoms with Crippen LogP contribution in [-0.4, -0.2) is 65.5 Å². The van der Waals surface area contributed by atoms with E-state index in [0.717, 1.165) is 12.2 Å². The van der Waals surface area contributed by atoms with Crippen LogP contribution in [0.25, 0.3) is 0 Å². The molecule has 0 aromatic carbocycles. The number of hydrogen-bond donors (Lipinski definition) is 3. The van der Waals surface area contributed by atoms with E-state index in [4.69, 9.17) is 0 Å². The topological polar surface area (TPSA) is 90.5 Å². The summed E-state index contributed by atoms with van der Waals surface area (Å²) in [6, 6.07) is -1.11. The Morgan fingerprint density at radius 3 is 2.48 bits per heavy atom. The highest BCUT2D eigenvalue weighted by Gasteiger charge is 2.54. The smallest absolute Gasteiger partial charge is 0.246 e. The Kier molecular flexibility index (Phi) is 5.73. The van der Waals surface area contributed by atoms with E-state index >= 15 is 0 Å². The van der Waals surface area contributed by atoms with Crippen LogP contribution in [0.15, 0.2) is 0 Å². The third-order valence-electron chi connectivity index (χ3n) is 5.29. The zero-order valence-corrected chi connectivity index (χ0v) is 16.8. The second-order valence-corrected chi connectivity index (χ2v) is 9.26. The Hall–Kier alpha value is -1.28. The SMILES string of the molecule is CNC(=O)[C@H]1N2C(=O)[C@@H](NC(=O)C(C)(C)NC)CCSC2CC1(C)C. The van der Waals surface area contributed by atoms with Crippen molar-refractivity contribution in [3.05, 3.63) is 0 Å². The van der Waals surface area contributed by atoms with Crippen molar-refractivity contribution in [1.82, 2.24) is 20.9 Å². The minimum Gasteiger partial charge on any atom is -0.357 e. The van der Waals surface area contributed by atoms with Crippen LogP contribution >= 0.6 is 11.8 Å². The van der Waals surface area contributed by atoms with Crippen molar-refractivity contribution in [3.63, 3.8) is 0 Å². The number of nitrogens with one attached hydrogen (secondary N) is 3. The van der Waals surface area contributed by atoms with Gasteiger partial charge in [-0.2, -0.15) is 0 Å². The summed E-state index contributed by atoms with van der Waals surface area (Å²) in [6.07, 6.45) is 1.34. The van der Waals surface area contributed by atoms with Crippen LogP contribution in [0.2, 0.25) is 0 Å². The van der Waals surface area contributed by atoms with Crippen LogP contribution in [0.1, 0.15) is 40.5 Å². The molecule has 1 unspecified atom stereocenters. The highest BCUT2D eigenvalue weighted by atomic mass is 32.2. The number of rotatable bonds is 4. The molecule has 0 aromatic heterocycles. The molecule has 0 saturated carbocycles. The summed E-state index contributed by atoms with van der Waals surface area (Å²) in [5.41, 5.74) is -1.06. The van der Waals surface area contributed by atoms with E-state index in [9.17, 15) is 14.4 Å². The van der Waals surface area contributed by atoms with Crippen molar-refractivity contribution in [3.8, 4) is 0 Å². The molecule has 2 fully saturated rings. The van der Waals surface area contributed by atoms with Gasteiger partial charge in [-0.05, 0) is 44.9 Å². The van der Waals surface area contributed by atoms with E-state index in [0.29, 0.717) is 6.42 Å². The molecule has 3 amide bonds. The molecule has 2 aliphatic heterocycles. The second kappa shape index (κ2) is 7.15. The van der Waals surface area contributed by atoms with E-state index in [1.54, 1.807) is 44.6 Å². The number of fused-ring (bicyclic) bond motifs is 1. The number of hydrogen-bond acceptors (Lipinski definition) is 5. The third-order valence-corrected chi connectivity index (χ3v) is 6.54. The molecule has 0 aromatic rings. The van der Waals surface area contributed by atoms with E-state index in [1.807, 2.05) is 13.8 Å². The number of nitrogens with zero attached hydrogens (tertiary/aromatic N) is 1.